The zero-order chi connectivity index (χ0) is 15.4. The quantitative estimate of drug-likeness (QED) is 0.886. The van der Waals surface area contributed by atoms with E-state index in [2.05, 4.69) is 0 Å². The van der Waals surface area contributed by atoms with Crippen molar-refractivity contribution in [1.82, 2.24) is 0 Å². The first kappa shape index (κ1) is 15.1. The van der Waals surface area contributed by atoms with Crippen LogP contribution in [0.25, 0.3) is 0 Å². The fourth-order valence-electron chi connectivity index (χ4n) is 2.05. The monoisotopic (exact) mass is 285 g/mol. The van der Waals surface area contributed by atoms with Crippen molar-refractivity contribution in [2.24, 2.45) is 5.73 Å². The van der Waals surface area contributed by atoms with E-state index in [0.29, 0.717) is 11.3 Å². The van der Waals surface area contributed by atoms with Crippen LogP contribution in [0.5, 0.6) is 11.5 Å². The fraction of sp³-hybridized carbons (Fsp3) is 0.235. The minimum Gasteiger partial charge on any atom is -0.508 e. The second-order valence-corrected chi connectivity index (χ2v) is 5.10. The van der Waals surface area contributed by atoms with Crippen LogP contribution in [0.15, 0.2) is 42.5 Å². The molecule has 0 aliphatic heterocycles. The van der Waals surface area contributed by atoms with Crippen LogP contribution in [0.3, 0.4) is 0 Å². The van der Waals surface area contributed by atoms with Crippen LogP contribution in [-0.2, 0) is 4.79 Å². The summed E-state index contributed by atoms with van der Waals surface area (Å²) in [6.07, 6.45) is 0. The molecule has 4 nitrogen and oxygen atoms in total. The molecular formula is C17H19NO3. The molecule has 0 spiro atoms. The Hall–Kier alpha value is -2.33. The lowest BCUT2D eigenvalue weighted by molar-refractivity contribution is -0.118. The number of ether oxygens (including phenoxy) is 1. The maximum Gasteiger partial charge on any atom is 0.167 e. The van der Waals surface area contributed by atoms with Gasteiger partial charge in [-0.05, 0) is 43.2 Å². The summed E-state index contributed by atoms with van der Waals surface area (Å²) in [5.74, 6) is 0.786. The van der Waals surface area contributed by atoms with Gasteiger partial charge in [-0.1, -0.05) is 24.3 Å². The molecule has 3 N–H and O–H groups in total. The van der Waals surface area contributed by atoms with Crippen molar-refractivity contribution >= 4 is 5.78 Å². The first-order valence-corrected chi connectivity index (χ1v) is 6.74. The summed E-state index contributed by atoms with van der Waals surface area (Å²) in [6.45, 7) is 3.45. The summed E-state index contributed by atoms with van der Waals surface area (Å²) in [7, 11) is 0. The van der Waals surface area contributed by atoms with Gasteiger partial charge in [-0.15, -0.1) is 0 Å². The molecule has 0 fully saturated rings. The van der Waals surface area contributed by atoms with Gasteiger partial charge in [0.25, 0.3) is 0 Å². The highest BCUT2D eigenvalue weighted by Gasteiger charge is 2.13. The normalized spacial score (nSPS) is 12.0. The predicted octanol–water partition coefficient (Wildman–Crippen LogP) is 2.72. The van der Waals surface area contributed by atoms with Crippen LogP contribution < -0.4 is 10.5 Å². The summed E-state index contributed by atoms with van der Waals surface area (Å²) in [6, 6.07) is 12.2. The van der Waals surface area contributed by atoms with Gasteiger partial charge in [0.15, 0.2) is 5.78 Å². The Morgan fingerprint density at radius 2 is 1.90 bits per heavy atom. The zero-order valence-electron chi connectivity index (χ0n) is 12.2. The third kappa shape index (κ3) is 3.83. The molecule has 0 heterocycles. The molecule has 0 radical (unpaired) electrons. The molecule has 21 heavy (non-hydrogen) atoms. The Morgan fingerprint density at radius 3 is 2.48 bits per heavy atom. The maximum atomic E-state index is 10.9. The van der Waals surface area contributed by atoms with Gasteiger partial charge < -0.3 is 15.6 Å². The molecule has 110 valence electrons. The first-order chi connectivity index (χ1) is 9.97. The number of hydrogen-bond acceptors (Lipinski definition) is 4. The third-order valence-corrected chi connectivity index (χ3v) is 3.20. The number of carbonyl (C=O) groups excluding carboxylic acids is 1. The number of Topliss-reactive ketones (excluding diaryl/α,β-unsaturated/α-hetero) is 1. The highest BCUT2D eigenvalue weighted by atomic mass is 16.5. The van der Waals surface area contributed by atoms with E-state index in [1.165, 1.54) is 6.92 Å². The van der Waals surface area contributed by atoms with Crippen LogP contribution in [-0.4, -0.2) is 17.5 Å². The van der Waals surface area contributed by atoms with E-state index in [1.54, 1.807) is 18.2 Å². The molecule has 0 saturated carbocycles. The van der Waals surface area contributed by atoms with E-state index in [9.17, 15) is 9.90 Å². The van der Waals surface area contributed by atoms with Crippen molar-refractivity contribution in [3.8, 4) is 11.5 Å². The van der Waals surface area contributed by atoms with Gasteiger partial charge in [-0.25, -0.2) is 0 Å². The molecule has 1 unspecified atom stereocenters. The molecule has 4 heteroatoms. The van der Waals surface area contributed by atoms with Crippen LogP contribution in [0.1, 0.15) is 29.7 Å². The number of aryl methyl sites for hydroxylation is 1. The molecule has 2 rings (SSSR count). The van der Waals surface area contributed by atoms with Crippen LogP contribution in [0.2, 0.25) is 0 Å². The van der Waals surface area contributed by atoms with E-state index in [1.807, 2.05) is 31.2 Å². The van der Waals surface area contributed by atoms with Gasteiger partial charge >= 0.3 is 0 Å². The van der Waals surface area contributed by atoms with Crippen molar-refractivity contribution in [2.45, 2.75) is 19.9 Å². The van der Waals surface area contributed by atoms with Crippen molar-refractivity contribution in [1.29, 1.82) is 0 Å². The zero-order valence-corrected chi connectivity index (χ0v) is 12.2. The van der Waals surface area contributed by atoms with E-state index >= 15 is 0 Å². The topological polar surface area (TPSA) is 72.5 Å². The van der Waals surface area contributed by atoms with E-state index < -0.39 is 6.04 Å². The lowest BCUT2D eigenvalue weighted by Crippen LogP contribution is -2.12. The summed E-state index contributed by atoms with van der Waals surface area (Å²) in [5, 5.41) is 9.98. The van der Waals surface area contributed by atoms with Gasteiger partial charge in [0.1, 0.15) is 18.1 Å². The molecule has 0 aromatic heterocycles. The first-order valence-electron chi connectivity index (χ1n) is 6.74. The van der Waals surface area contributed by atoms with Crippen molar-refractivity contribution in [3.05, 3.63) is 59.2 Å². The molecule has 2 aromatic carbocycles. The second-order valence-electron chi connectivity index (χ2n) is 5.10. The van der Waals surface area contributed by atoms with Gasteiger partial charge in [0.2, 0.25) is 0 Å². The Kier molecular flexibility index (Phi) is 4.60. The van der Waals surface area contributed by atoms with Gasteiger partial charge in [-0.2, -0.15) is 0 Å². The van der Waals surface area contributed by atoms with Crippen LogP contribution in [0.4, 0.5) is 0 Å². The third-order valence-electron chi connectivity index (χ3n) is 3.20. The molecule has 0 amide bonds. The molecule has 0 saturated heterocycles. The Labute approximate surface area is 124 Å². The predicted molar refractivity (Wildman–Crippen MR) is 81.5 cm³/mol. The molecule has 0 aliphatic rings. The lowest BCUT2D eigenvalue weighted by atomic mass is 9.98. The number of carbonyl (C=O) groups is 1. The van der Waals surface area contributed by atoms with Crippen LogP contribution >= 0.6 is 0 Å². The summed E-state index contributed by atoms with van der Waals surface area (Å²) < 4.78 is 5.31. The maximum absolute atomic E-state index is 10.9. The molecule has 0 aliphatic carbocycles. The van der Waals surface area contributed by atoms with E-state index in [4.69, 9.17) is 10.5 Å². The molecule has 1 atom stereocenters. The summed E-state index contributed by atoms with van der Waals surface area (Å²) in [4.78, 5) is 10.9. The minimum atomic E-state index is -0.410. The van der Waals surface area contributed by atoms with E-state index in [-0.39, 0.29) is 18.1 Å². The highest BCUT2D eigenvalue weighted by Crippen LogP contribution is 2.29. The summed E-state index contributed by atoms with van der Waals surface area (Å²) >= 11 is 0. The number of ketones is 1. The average molecular weight is 285 g/mol. The van der Waals surface area contributed by atoms with E-state index in [0.717, 1.165) is 11.1 Å². The van der Waals surface area contributed by atoms with Gasteiger partial charge in [-0.3, -0.25) is 4.79 Å². The highest BCUT2D eigenvalue weighted by molar-refractivity contribution is 5.77. The van der Waals surface area contributed by atoms with Crippen molar-refractivity contribution in [2.75, 3.05) is 6.61 Å². The largest absolute Gasteiger partial charge is 0.508 e. The van der Waals surface area contributed by atoms with Crippen molar-refractivity contribution < 1.29 is 14.6 Å². The Bertz CT molecular complexity index is 635. The molecular weight excluding hydrogens is 266 g/mol. The fourth-order valence-corrected chi connectivity index (χ4v) is 2.05. The number of phenols is 1. The lowest BCUT2D eigenvalue weighted by Gasteiger charge is -2.15. The Morgan fingerprint density at radius 1 is 1.24 bits per heavy atom. The van der Waals surface area contributed by atoms with Crippen LogP contribution in [0, 0.1) is 6.92 Å². The number of hydrogen-bond donors (Lipinski definition) is 2. The molecule has 0 bridgehead atoms. The minimum absolute atomic E-state index is 0.0274. The SMILES string of the molecule is CC(=O)COc1ccc(C(N)c2ccc(C)cc2O)cc1. The van der Waals surface area contributed by atoms with Gasteiger partial charge in [0, 0.05) is 5.56 Å². The van der Waals surface area contributed by atoms with Gasteiger partial charge in [0.05, 0.1) is 6.04 Å². The second kappa shape index (κ2) is 6.41. The number of nitrogens with two attached hydrogens (primary N) is 1. The number of benzene rings is 2. The smallest absolute Gasteiger partial charge is 0.167 e. The standard InChI is InChI=1S/C17H19NO3/c1-11-3-8-15(16(20)9-11)17(18)13-4-6-14(7-5-13)21-10-12(2)19/h3-9,17,20H,10,18H2,1-2H3. The average Bonchev–Trinajstić information content (AvgIpc) is 2.45. The Balaban J connectivity index is 2.15. The number of aromatic hydroxyl groups is 1. The van der Waals surface area contributed by atoms with Crippen molar-refractivity contribution in [3.63, 3.8) is 0 Å². The number of rotatable bonds is 5. The summed E-state index contributed by atoms with van der Waals surface area (Å²) in [5.41, 5.74) is 8.71. The number of phenolic OH excluding ortho intramolecular Hbond substituents is 1. The molecule has 2 aromatic rings.